The Morgan fingerprint density at radius 2 is 2.07 bits per heavy atom. The van der Waals surface area contributed by atoms with Gasteiger partial charge in [-0.25, -0.2) is 4.39 Å². The molecule has 1 fully saturated rings. The molecular weight excluding hydrogens is 365 g/mol. The number of fused-ring (bicyclic) bond motifs is 1. The van der Waals surface area contributed by atoms with Crippen molar-refractivity contribution in [3.8, 4) is 0 Å². The van der Waals surface area contributed by atoms with Gasteiger partial charge in [-0.05, 0) is 62.8 Å². The van der Waals surface area contributed by atoms with Gasteiger partial charge in [-0.15, -0.1) is 0 Å². The number of aryl methyl sites for hydroxylation is 1. The van der Waals surface area contributed by atoms with Crippen LogP contribution in [0.4, 0.5) is 4.39 Å². The van der Waals surface area contributed by atoms with Crippen molar-refractivity contribution in [2.45, 2.75) is 69.9 Å². The van der Waals surface area contributed by atoms with Crippen LogP contribution in [0.5, 0.6) is 0 Å². The van der Waals surface area contributed by atoms with Crippen LogP contribution in [0.2, 0.25) is 0 Å². The summed E-state index contributed by atoms with van der Waals surface area (Å²) in [4.78, 5) is 4.45. The number of benzene rings is 1. The van der Waals surface area contributed by atoms with Crippen LogP contribution in [0.15, 0.2) is 35.5 Å². The van der Waals surface area contributed by atoms with Gasteiger partial charge in [-0.2, -0.15) is 5.10 Å². The second kappa shape index (κ2) is 8.17. The van der Waals surface area contributed by atoms with Crippen LogP contribution in [0, 0.1) is 5.82 Å². The maximum absolute atomic E-state index is 13.3. The van der Waals surface area contributed by atoms with E-state index in [1.54, 1.807) is 12.1 Å². The zero-order valence-corrected chi connectivity index (χ0v) is 17.7. The molecule has 2 aliphatic rings. The van der Waals surface area contributed by atoms with E-state index in [1.165, 1.54) is 23.2 Å². The lowest BCUT2D eigenvalue weighted by atomic mass is 9.64. The van der Waals surface area contributed by atoms with Gasteiger partial charge in [0, 0.05) is 43.7 Å². The fourth-order valence-electron chi connectivity index (χ4n) is 4.52. The van der Waals surface area contributed by atoms with E-state index in [0.717, 1.165) is 44.6 Å². The van der Waals surface area contributed by atoms with E-state index in [2.05, 4.69) is 40.4 Å². The molecule has 156 valence electrons. The highest BCUT2D eigenvalue weighted by Gasteiger charge is 2.38. The van der Waals surface area contributed by atoms with Gasteiger partial charge < -0.3 is 10.6 Å². The third-order valence-corrected chi connectivity index (χ3v) is 6.55. The van der Waals surface area contributed by atoms with E-state index in [4.69, 9.17) is 5.10 Å². The average molecular weight is 398 g/mol. The fraction of sp³-hybridized carbons (Fsp3) is 0.565. The van der Waals surface area contributed by atoms with E-state index in [9.17, 15) is 4.39 Å². The molecule has 0 saturated heterocycles. The number of rotatable bonds is 5. The average Bonchev–Trinajstić information content (AvgIpc) is 3.11. The lowest BCUT2D eigenvalue weighted by Crippen LogP contribution is -2.51. The lowest BCUT2D eigenvalue weighted by molar-refractivity contribution is 0.243. The summed E-state index contributed by atoms with van der Waals surface area (Å²) in [5.41, 5.74) is 3.89. The molecule has 2 N–H and O–H groups in total. The molecular formula is C23H32FN5. The number of halogens is 1. The summed E-state index contributed by atoms with van der Waals surface area (Å²) in [5, 5.41) is 11.9. The first kappa shape index (κ1) is 19.9. The number of hydrogen-bond donors (Lipinski definition) is 2. The van der Waals surface area contributed by atoms with Gasteiger partial charge in [-0.3, -0.25) is 9.67 Å². The van der Waals surface area contributed by atoms with Gasteiger partial charge in [0.25, 0.3) is 0 Å². The molecule has 4 rings (SSSR count). The van der Waals surface area contributed by atoms with Crippen molar-refractivity contribution in [3.63, 3.8) is 0 Å². The number of aliphatic imine (C=N–C) groups is 1. The van der Waals surface area contributed by atoms with Gasteiger partial charge in [0.05, 0.1) is 5.69 Å². The maximum atomic E-state index is 13.3. The molecule has 5 nitrogen and oxygen atoms in total. The first-order valence-electron chi connectivity index (χ1n) is 10.8. The molecule has 0 amide bonds. The van der Waals surface area contributed by atoms with Crippen molar-refractivity contribution in [2.24, 2.45) is 4.99 Å². The number of nitrogens with one attached hydrogen (secondary N) is 2. The quantitative estimate of drug-likeness (QED) is 0.597. The number of nitrogens with zero attached hydrogens (tertiary/aromatic N) is 3. The molecule has 1 atom stereocenters. The summed E-state index contributed by atoms with van der Waals surface area (Å²) in [6.07, 6.45) is 8.74. The topological polar surface area (TPSA) is 54.2 Å². The molecule has 0 aliphatic heterocycles. The van der Waals surface area contributed by atoms with Crippen molar-refractivity contribution in [3.05, 3.63) is 53.1 Å². The minimum Gasteiger partial charge on any atom is -0.356 e. The van der Waals surface area contributed by atoms with E-state index in [0.29, 0.717) is 12.1 Å². The number of hydrogen-bond acceptors (Lipinski definition) is 2. The maximum Gasteiger partial charge on any atom is 0.191 e. The third-order valence-electron chi connectivity index (χ3n) is 6.55. The van der Waals surface area contributed by atoms with Crippen LogP contribution in [-0.2, 0) is 18.3 Å². The van der Waals surface area contributed by atoms with E-state index in [-0.39, 0.29) is 11.2 Å². The summed E-state index contributed by atoms with van der Waals surface area (Å²) in [6, 6.07) is 7.73. The largest absolute Gasteiger partial charge is 0.356 e. The first-order valence-corrected chi connectivity index (χ1v) is 10.8. The first-order chi connectivity index (χ1) is 14.0. The minimum absolute atomic E-state index is 0.0844. The highest BCUT2D eigenvalue weighted by Crippen LogP contribution is 2.43. The second-order valence-corrected chi connectivity index (χ2v) is 8.83. The molecule has 2 aromatic rings. The van der Waals surface area contributed by atoms with E-state index >= 15 is 0 Å². The monoisotopic (exact) mass is 397 g/mol. The molecule has 1 aromatic heterocycles. The molecule has 0 spiro atoms. The highest BCUT2D eigenvalue weighted by molar-refractivity contribution is 5.80. The van der Waals surface area contributed by atoms with Crippen molar-refractivity contribution in [2.75, 3.05) is 13.6 Å². The lowest BCUT2D eigenvalue weighted by Gasteiger charge is -2.43. The third kappa shape index (κ3) is 4.16. The number of guanidine groups is 1. The van der Waals surface area contributed by atoms with Crippen LogP contribution in [-0.4, -0.2) is 35.4 Å². The van der Waals surface area contributed by atoms with E-state index in [1.807, 2.05) is 19.2 Å². The predicted molar refractivity (Wildman–Crippen MR) is 115 cm³/mol. The van der Waals surface area contributed by atoms with Gasteiger partial charge in [-0.1, -0.05) is 18.6 Å². The van der Waals surface area contributed by atoms with Gasteiger partial charge in [0.15, 0.2) is 5.96 Å². The molecule has 2 aliphatic carbocycles. The van der Waals surface area contributed by atoms with Crippen molar-refractivity contribution >= 4 is 5.96 Å². The summed E-state index contributed by atoms with van der Waals surface area (Å²) in [5.74, 6) is 0.667. The summed E-state index contributed by atoms with van der Waals surface area (Å²) >= 11 is 0. The van der Waals surface area contributed by atoms with Crippen LogP contribution in [0.1, 0.15) is 62.4 Å². The standard InChI is InChI=1S/C23H32FN5/c1-16(2)29-14-17-5-10-20(13-21(17)28-29)27-22(25-3)26-15-23(11-4-12-23)18-6-8-19(24)9-7-18/h6-9,14,16,20H,4-5,10-13,15H2,1-3H3,(H2,25,26,27). The Morgan fingerprint density at radius 1 is 1.31 bits per heavy atom. The summed E-state index contributed by atoms with van der Waals surface area (Å²) < 4.78 is 15.4. The Labute approximate surface area is 172 Å². The summed E-state index contributed by atoms with van der Waals surface area (Å²) in [7, 11) is 1.82. The van der Waals surface area contributed by atoms with Crippen molar-refractivity contribution in [1.82, 2.24) is 20.4 Å². The minimum atomic E-state index is -0.176. The Bertz CT molecular complexity index is 864. The second-order valence-electron chi connectivity index (χ2n) is 8.83. The zero-order valence-electron chi connectivity index (χ0n) is 17.7. The molecule has 0 bridgehead atoms. The molecule has 1 saturated carbocycles. The van der Waals surface area contributed by atoms with Crippen molar-refractivity contribution in [1.29, 1.82) is 0 Å². The SMILES string of the molecule is CN=C(NCC1(c2ccc(F)cc2)CCC1)NC1CCc2cn(C(C)C)nc2C1. The van der Waals surface area contributed by atoms with Gasteiger partial charge in [0.1, 0.15) is 5.82 Å². The molecule has 1 aromatic carbocycles. The van der Waals surface area contributed by atoms with Crippen LogP contribution in [0.3, 0.4) is 0 Å². The van der Waals surface area contributed by atoms with Crippen molar-refractivity contribution < 1.29 is 4.39 Å². The fourth-order valence-corrected chi connectivity index (χ4v) is 4.52. The van der Waals surface area contributed by atoms with Gasteiger partial charge in [0.2, 0.25) is 0 Å². The van der Waals surface area contributed by atoms with E-state index < -0.39 is 0 Å². The van der Waals surface area contributed by atoms with Crippen LogP contribution in [0.25, 0.3) is 0 Å². The van der Waals surface area contributed by atoms with Gasteiger partial charge >= 0.3 is 0 Å². The normalized spacial score (nSPS) is 20.9. The Balaban J connectivity index is 1.37. The molecule has 0 radical (unpaired) electrons. The summed E-state index contributed by atoms with van der Waals surface area (Å²) in [6.45, 7) is 5.15. The zero-order chi connectivity index (χ0) is 20.4. The highest BCUT2D eigenvalue weighted by atomic mass is 19.1. The molecule has 6 heteroatoms. The Morgan fingerprint density at radius 3 is 2.69 bits per heavy atom. The molecule has 1 heterocycles. The Kier molecular flexibility index (Phi) is 5.61. The Hall–Kier alpha value is -2.37. The molecule has 1 unspecified atom stereocenters. The predicted octanol–water partition coefficient (Wildman–Crippen LogP) is 3.75. The number of aromatic nitrogens is 2. The van der Waals surface area contributed by atoms with Crippen LogP contribution >= 0.6 is 0 Å². The molecule has 29 heavy (non-hydrogen) atoms. The smallest absolute Gasteiger partial charge is 0.191 e. The van der Waals surface area contributed by atoms with Crippen LogP contribution < -0.4 is 10.6 Å².